The lowest BCUT2D eigenvalue weighted by Crippen LogP contribution is -2.38. The van der Waals surface area contributed by atoms with Crippen LogP contribution in [0.3, 0.4) is 0 Å². The molecule has 1 aliphatic heterocycles. The van der Waals surface area contributed by atoms with Crippen molar-refractivity contribution in [1.29, 1.82) is 0 Å². The summed E-state index contributed by atoms with van der Waals surface area (Å²) in [6.07, 6.45) is 1.67. The van der Waals surface area contributed by atoms with Crippen molar-refractivity contribution in [3.05, 3.63) is 17.7 Å². The van der Waals surface area contributed by atoms with Gasteiger partial charge < -0.3 is 14.8 Å². The third kappa shape index (κ3) is 2.37. The quantitative estimate of drug-likeness (QED) is 0.754. The van der Waals surface area contributed by atoms with Gasteiger partial charge in [0.15, 0.2) is 0 Å². The molecule has 15 heavy (non-hydrogen) atoms. The zero-order valence-corrected chi connectivity index (χ0v) is 8.94. The molecule has 1 aromatic rings. The summed E-state index contributed by atoms with van der Waals surface area (Å²) in [5.41, 5.74) is 0.738. The van der Waals surface area contributed by atoms with Gasteiger partial charge in [-0.25, -0.2) is 4.98 Å². The fourth-order valence-corrected chi connectivity index (χ4v) is 1.78. The monoisotopic (exact) mass is 211 g/mol. The molecule has 0 aromatic carbocycles. The zero-order valence-electron chi connectivity index (χ0n) is 8.94. The normalized spacial score (nSPS) is 23.2. The van der Waals surface area contributed by atoms with Crippen LogP contribution >= 0.6 is 0 Å². The molecule has 5 heteroatoms. The first-order valence-electron chi connectivity index (χ1n) is 5.32. The van der Waals surface area contributed by atoms with Gasteiger partial charge in [0.2, 0.25) is 0 Å². The van der Waals surface area contributed by atoms with E-state index in [0.717, 1.165) is 37.8 Å². The average molecular weight is 211 g/mol. The number of nitrogens with zero attached hydrogens (tertiary/aromatic N) is 2. The smallest absolute Gasteiger partial charge is 0.136 e. The van der Waals surface area contributed by atoms with Crippen LogP contribution in [0.25, 0.3) is 0 Å². The number of rotatable bonds is 3. The first-order valence-corrected chi connectivity index (χ1v) is 5.32. The van der Waals surface area contributed by atoms with Crippen LogP contribution in [0.15, 0.2) is 6.20 Å². The third-order valence-corrected chi connectivity index (χ3v) is 2.72. The van der Waals surface area contributed by atoms with Crippen molar-refractivity contribution in [2.75, 3.05) is 26.2 Å². The number of hydrogen-bond donors (Lipinski definition) is 2. The summed E-state index contributed by atoms with van der Waals surface area (Å²) in [4.78, 5) is 9.61. The van der Waals surface area contributed by atoms with E-state index in [4.69, 9.17) is 9.84 Å². The highest BCUT2D eigenvalue weighted by atomic mass is 16.5. The lowest BCUT2D eigenvalue weighted by atomic mass is 10.2. The van der Waals surface area contributed by atoms with Gasteiger partial charge in [0.05, 0.1) is 25.1 Å². The number of ether oxygens (including phenoxy) is 1. The van der Waals surface area contributed by atoms with Crippen LogP contribution in [0.1, 0.15) is 24.5 Å². The number of nitrogens with one attached hydrogen (secondary N) is 1. The molecule has 1 aromatic heterocycles. The minimum absolute atomic E-state index is 0.00277. The van der Waals surface area contributed by atoms with Crippen molar-refractivity contribution in [3.8, 4) is 0 Å². The molecular formula is C10H17N3O2. The number of morpholine rings is 1. The molecule has 1 aliphatic rings. The number of likely N-dealkylation sites (N-methyl/N-ethyl adjacent to an activating group) is 1. The fourth-order valence-electron chi connectivity index (χ4n) is 1.78. The predicted octanol–water partition coefficient (Wildman–Crippen LogP) is 0.295. The Morgan fingerprint density at radius 3 is 3.27 bits per heavy atom. The summed E-state index contributed by atoms with van der Waals surface area (Å²) >= 11 is 0. The number of aliphatic hydroxyl groups excluding tert-OH is 1. The van der Waals surface area contributed by atoms with Gasteiger partial charge in [0.25, 0.3) is 0 Å². The van der Waals surface area contributed by atoms with Crippen molar-refractivity contribution in [2.45, 2.75) is 19.6 Å². The van der Waals surface area contributed by atoms with Crippen LogP contribution in [-0.2, 0) is 11.3 Å². The van der Waals surface area contributed by atoms with Crippen LogP contribution in [0, 0.1) is 0 Å². The SMILES string of the molecule is CCN1CCOC(c2ncc(CO)[nH]2)C1. The summed E-state index contributed by atoms with van der Waals surface area (Å²) in [5.74, 6) is 0.817. The molecule has 84 valence electrons. The van der Waals surface area contributed by atoms with Gasteiger partial charge in [-0.05, 0) is 6.54 Å². The first-order chi connectivity index (χ1) is 7.33. The van der Waals surface area contributed by atoms with E-state index in [1.165, 1.54) is 0 Å². The summed E-state index contributed by atoms with van der Waals surface area (Å²) in [6, 6.07) is 0. The van der Waals surface area contributed by atoms with E-state index in [1.807, 2.05) is 0 Å². The second-order valence-corrected chi connectivity index (χ2v) is 3.70. The molecule has 2 N–H and O–H groups in total. The molecule has 1 fully saturated rings. The molecule has 0 saturated carbocycles. The van der Waals surface area contributed by atoms with Gasteiger partial charge in [0, 0.05) is 13.1 Å². The zero-order chi connectivity index (χ0) is 10.7. The topological polar surface area (TPSA) is 61.4 Å². The molecule has 0 bridgehead atoms. The second kappa shape index (κ2) is 4.74. The highest BCUT2D eigenvalue weighted by molar-refractivity contribution is 5.03. The molecule has 2 heterocycles. The minimum Gasteiger partial charge on any atom is -0.390 e. The van der Waals surface area contributed by atoms with Crippen LogP contribution in [0.2, 0.25) is 0 Å². The van der Waals surface area contributed by atoms with Crippen LogP contribution < -0.4 is 0 Å². The number of H-pyrrole nitrogens is 1. The average Bonchev–Trinajstić information content (AvgIpc) is 2.78. The van der Waals surface area contributed by atoms with E-state index in [9.17, 15) is 0 Å². The lowest BCUT2D eigenvalue weighted by Gasteiger charge is -2.30. The summed E-state index contributed by atoms with van der Waals surface area (Å²) in [6.45, 7) is 5.78. The Bertz CT molecular complexity index is 313. The molecule has 0 amide bonds. The van der Waals surface area contributed by atoms with Gasteiger partial charge in [0.1, 0.15) is 11.9 Å². The van der Waals surface area contributed by atoms with E-state index in [-0.39, 0.29) is 12.7 Å². The van der Waals surface area contributed by atoms with Crippen molar-refractivity contribution in [3.63, 3.8) is 0 Å². The first kappa shape index (κ1) is 10.6. The van der Waals surface area contributed by atoms with Crippen LogP contribution in [0.5, 0.6) is 0 Å². The van der Waals surface area contributed by atoms with Crippen molar-refractivity contribution >= 4 is 0 Å². The Morgan fingerprint density at radius 2 is 2.60 bits per heavy atom. The Morgan fingerprint density at radius 1 is 1.73 bits per heavy atom. The molecule has 0 spiro atoms. The van der Waals surface area contributed by atoms with E-state index in [2.05, 4.69) is 21.8 Å². The molecule has 1 atom stereocenters. The minimum atomic E-state index is -0.00277. The molecular weight excluding hydrogens is 194 g/mol. The summed E-state index contributed by atoms with van der Waals surface area (Å²) < 4.78 is 5.64. The summed E-state index contributed by atoms with van der Waals surface area (Å²) in [7, 11) is 0. The number of imidazole rings is 1. The van der Waals surface area contributed by atoms with Gasteiger partial charge >= 0.3 is 0 Å². The Kier molecular flexibility index (Phi) is 3.35. The number of aromatic nitrogens is 2. The third-order valence-electron chi connectivity index (χ3n) is 2.72. The van der Waals surface area contributed by atoms with Crippen molar-refractivity contribution in [1.82, 2.24) is 14.9 Å². The number of aromatic amines is 1. The molecule has 2 rings (SSSR count). The molecule has 5 nitrogen and oxygen atoms in total. The second-order valence-electron chi connectivity index (χ2n) is 3.70. The van der Waals surface area contributed by atoms with E-state index in [0.29, 0.717) is 0 Å². The highest BCUT2D eigenvalue weighted by Gasteiger charge is 2.22. The van der Waals surface area contributed by atoms with Gasteiger partial charge in [-0.1, -0.05) is 6.92 Å². The highest BCUT2D eigenvalue weighted by Crippen LogP contribution is 2.19. The molecule has 1 unspecified atom stereocenters. The van der Waals surface area contributed by atoms with Crippen molar-refractivity contribution < 1.29 is 9.84 Å². The number of aliphatic hydroxyl groups is 1. The molecule has 1 saturated heterocycles. The Labute approximate surface area is 89.1 Å². The van der Waals surface area contributed by atoms with E-state index < -0.39 is 0 Å². The van der Waals surface area contributed by atoms with Crippen LogP contribution in [-0.4, -0.2) is 46.2 Å². The lowest BCUT2D eigenvalue weighted by molar-refractivity contribution is -0.0322. The summed E-state index contributed by atoms with van der Waals surface area (Å²) in [5, 5.41) is 8.92. The van der Waals surface area contributed by atoms with Gasteiger partial charge in [-0.2, -0.15) is 0 Å². The maximum atomic E-state index is 8.92. The van der Waals surface area contributed by atoms with Crippen molar-refractivity contribution in [2.24, 2.45) is 0 Å². The number of hydrogen-bond acceptors (Lipinski definition) is 4. The predicted molar refractivity (Wildman–Crippen MR) is 55.3 cm³/mol. The maximum absolute atomic E-state index is 8.92. The van der Waals surface area contributed by atoms with E-state index in [1.54, 1.807) is 6.20 Å². The van der Waals surface area contributed by atoms with Gasteiger partial charge in [-0.15, -0.1) is 0 Å². The molecule has 0 aliphatic carbocycles. The van der Waals surface area contributed by atoms with E-state index >= 15 is 0 Å². The maximum Gasteiger partial charge on any atom is 0.136 e. The standard InChI is InChI=1S/C10H17N3O2/c1-2-13-3-4-15-9(6-13)10-11-5-8(7-14)12-10/h5,9,14H,2-4,6-7H2,1H3,(H,11,12). The van der Waals surface area contributed by atoms with Crippen LogP contribution in [0.4, 0.5) is 0 Å². The largest absolute Gasteiger partial charge is 0.390 e. The Hall–Kier alpha value is -0.910. The van der Waals surface area contributed by atoms with Gasteiger partial charge in [-0.3, -0.25) is 4.90 Å². The fraction of sp³-hybridized carbons (Fsp3) is 0.700. The molecule has 0 radical (unpaired) electrons. The Balaban J connectivity index is 2.03.